The van der Waals surface area contributed by atoms with Gasteiger partial charge >= 0.3 is 0 Å². The number of carbonyl (C=O) groups is 1. The van der Waals surface area contributed by atoms with E-state index in [1.54, 1.807) is 0 Å². The number of aryl methyl sites for hydroxylation is 1. The first-order chi connectivity index (χ1) is 11.1. The molecule has 0 aromatic carbocycles. The van der Waals surface area contributed by atoms with Crippen molar-refractivity contribution in [1.29, 1.82) is 0 Å². The number of oxazole rings is 1. The molecule has 0 bridgehead atoms. The molecule has 1 atom stereocenters. The van der Waals surface area contributed by atoms with Crippen molar-refractivity contribution in [2.24, 2.45) is 5.92 Å². The van der Waals surface area contributed by atoms with Crippen LogP contribution in [-0.2, 0) is 30.7 Å². The highest BCUT2D eigenvalue weighted by Crippen LogP contribution is 2.27. The van der Waals surface area contributed by atoms with Crippen LogP contribution in [0.2, 0.25) is 0 Å². The van der Waals surface area contributed by atoms with Crippen molar-refractivity contribution >= 4 is 5.91 Å². The van der Waals surface area contributed by atoms with Crippen LogP contribution in [0.4, 0.5) is 0 Å². The molecule has 0 spiro atoms. The van der Waals surface area contributed by atoms with Crippen molar-refractivity contribution in [2.45, 2.75) is 52.1 Å². The van der Waals surface area contributed by atoms with Gasteiger partial charge in [0.15, 0.2) is 5.89 Å². The first-order valence-corrected chi connectivity index (χ1v) is 8.39. The summed E-state index contributed by atoms with van der Waals surface area (Å²) in [5, 5.41) is 4.28. The zero-order chi connectivity index (χ0) is 16.0. The third kappa shape index (κ3) is 2.56. The minimum atomic E-state index is 0.0669. The van der Waals surface area contributed by atoms with Gasteiger partial charge in [0.2, 0.25) is 5.91 Å². The van der Waals surface area contributed by atoms with Gasteiger partial charge < -0.3 is 9.32 Å². The molecule has 2 aromatic heterocycles. The molecule has 0 radical (unpaired) electrons. The highest BCUT2D eigenvalue weighted by molar-refractivity contribution is 5.79. The van der Waals surface area contributed by atoms with E-state index in [9.17, 15) is 4.79 Å². The third-order valence-electron chi connectivity index (χ3n) is 4.85. The van der Waals surface area contributed by atoms with Crippen molar-refractivity contribution in [3.8, 4) is 0 Å². The van der Waals surface area contributed by atoms with Crippen LogP contribution in [0.3, 0.4) is 0 Å². The monoisotopic (exact) mass is 314 g/mol. The summed E-state index contributed by atoms with van der Waals surface area (Å²) in [4.78, 5) is 19.4. The van der Waals surface area contributed by atoms with E-state index in [2.05, 4.69) is 23.9 Å². The summed E-state index contributed by atoms with van der Waals surface area (Å²) in [6, 6.07) is 2.01. The smallest absolute Gasteiger partial charge is 0.226 e. The van der Waals surface area contributed by atoms with Crippen LogP contribution >= 0.6 is 0 Å². The van der Waals surface area contributed by atoms with E-state index >= 15 is 0 Å². The Hall–Kier alpha value is -2.11. The molecule has 1 unspecified atom stereocenters. The SMILES string of the molecule is CC(C)c1nc2c(o1)CCN(C(=O)C1CCn3nccc3C1)C2. The Morgan fingerprint density at radius 3 is 3.09 bits per heavy atom. The molecule has 0 N–H and O–H groups in total. The maximum absolute atomic E-state index is 12.9. The molecule has 0 saturated carbocycles. The molecule has 23 heavy (non-hydrogen) atoms. The van der Waals surface area contributed by atoms with Gasteiger partial charge in [-0.3, -0.25) is 9.48 Å². The quantitative estimate of drug-likeness (QED) is 0.852. The summed E-state index contributed by atoms with van der Waals surface area (Å²) in [5.41, 5.74) is 2.10. The predicted molar refractivity (Wildman–Crippen MR) is 83.8 cm³/mol. The summed E-state index contributed by atoms with van der Waals surface area (Å²) in [5.74, 6) is 2.34. The predicted octanol–water partition coefficient (Wildman–Crippen LogP) is 2.14. The lowest BCUT2D eigenvalue weighted by Crippen LogP contribution is -2.41. The second-order valence-electron chi connectivity index (χ2n) is 6.82. The molecule has 0 fully saturated rings. The number of fused-ring (bicyclic) bond motifs is 2. The molecule has 4 rings (SSSR count). The standard InChI is InChI=1S/C17H22N4O2/c1-11(2)16-19-14-10-20(7-5-15(14)23-16)17(22)12-4-8-21-13(9-12)3-6-18-21/h3,6,11-12H,4-5,7-10H2,1-2H3. The number of hydrogen-bond donors (Lipinski definition) is 0. The highest BCUT2D eigenvalue weighted by Gasteiger charge is 2.32. The Labute approximate surface area is 135 Å². The minimum absolute atomic E-state index is 0.0669. The molecular formula is C17H22N4O2. The number of rotatable bonds is 2. The van der Waals surface area contributed by atoms with Gasteiger partial charge in [-0.2, -0.15) is 5.10 Å². The van der Waals surface area contributed by atoms with Crippen LogP contribution in [0, 0.1) is 5.92 Å². The largest absolute Gasteiger partial charge is 0.445 e. The van der Waals surface area contributed by atoms with Crippen molar-refractivity contribution in [3.05, 3.63) is 35.3 Å². The third-order valence-corrected chi connectivity index (χ3v) is 4.85. The van der Waals surface area contributed by atoms with Crippen LogP contribution in [0.5, 0.6) is 0 Å². The van der Waals surface area contributed by atoms with Crippen molar-refractivity contribution in [1.82, 2.24) is 19.7 Å². The fourth-order valence-electron chi connectivity index (χ4n) is 3.49. The molecule has 6 heteroatoms. The molecule has 0 aliphatic carbocycles. The Morgan fingerprint density at radius 2 is 2.26 bits per heavy atom. The normalized spacial score (nSPS) is 20.5. The van der Waals surface area contributed by atoms with Crippen molar-refractivity contribution in [2.75, 3.05) is 6.54 Å². The Balaban J connectivity index is 1.48. The summed E-state index contributed by atoms with van der Waals surface area (Å²) >= 11 is 0. The van der Waals surface area contributed by atoms with Crippen LogP contribution in [-0.4, -0.2) is 32.1 Å². The van der Waals surface area contributed by atoms with Crippen LogP contribution in [0.25, 0.3) is 0 Å². The van der Waals surface area contributed by atoms with Gasteiger partial charge in [-0.05, 0) is 12.5 Å². The van der Waals surface area contributed by atoms with Gasteiger partial charge in [-0.1, -0.05) is 13.8 Å². The Kier molecular flexibility index (Phi) is 3.47. The molecule has 4 heterocycles. The van der Waals surface area contributed by atoms with Crippen molar-refractivity contribution < 1.29 is 9.21 Å². The zero-order valence-corrected chi connectivity index (χ0v) is 13.7. The first-order valence-electron chi connectivity index (χ1n) is 8.39. The number of nitrogens with zero attached hydrogens (tertiary/aromatic N) is 4. The van der Waals surface area contributed by atoms with E-state index in [4.69, 9.17) is 4.42 Å². The second-order valence-corrected chi connectivity index (χ2v) is 6.82. The van der Waals surface area contributed by atoms with Gasteiger partial charge in [0.05, 0.1) is 6.54 Å². The van der Waals surface area contributed by atoms with Gasteiger partial charge in [0, 0.05) is 49.7 Å². The van der Waals surface area contributed by atoms with E-state index < -0.39 is 0 Å². The summed E-state index contributed by atoms with van der Waals surface area (Å²) in [6.07, 6.45) is 4.24. The fraction of sp³-hybridized carbons (Fsp3) is 0.588. The zero-order valence-electron chi connectivity index (χ0n) is 13.7. The van der Waals surface area contributed by atoms with Gasteiger partial charge in [0.25, 0.3) is 0 Å². The minimum Gasteiger partial charge on any atom is -0.445 e. The van der Waals surface area contributed by atoms with Crippen LogP contribution < -0.4 is 0 Å². The average molecular weight is 314 g/mol. The topological polar surface area (TPSA) is 64.2 Å². The fourth-order valence-corrected chi connectivity index (χ4v) is 3.49. The number of amides is 1. The summed E-state index contributed by atoms with van der Waals surface area (Å²) in [7, 11) is 0. The van der Waals surface area contributed by atoms with Gasteiger partial charge in [0.1, 0.15) is 11.5 Å². The van der Waals surface area contributed by atoms with Gasteiger partial charge in [-0.25, -0.2) is 4.98 Å². The molecule has 2 aliphatic heterocycles. The molecule has 0 saturated heterocycles. The van der Waals surface area contributed by atoms with E-state index in [1.165, 1.54) is 0 Å². The number of aromatic nitrogens is 3. The number of carbonyl (C=O) groups excluding carboxylic acids is 1. The maximum atomic E-state index is 12.9. The van der Waals surface area contributed by atoms with Crippen LogP contribution in [0.15, 0.2) is 16.7 Å². The summed E-state index contributed by atoms with van der Waals surface area (Å²) < 4.78 is 7.82. The van der Waals surface area contributed by atoms with E-state index in [-0.39, 0.29) is 17.7 Å². The maximum Gasteiger partial charge on any atom is 0.226 e. The molecule has 6 nitrogen and oxygen atoms in total. The number of hydrogen-bond acceptors (Lipinski definition) is 4. The second kappa shape index (κ2) is 5.51. The molecule has 1 amide bonds. The lowest BCUT2D eigenvalue weighted by atomic mass is 9.94. The molecule has 122 valence electrons. The highest BCUT2D eigenvalue weighted by atomic mass is 16.4. The van der Waals surface area contributed by atoms with Crippen molar-refractivity contribution in [3.63, 3.8) is 0 Å². The van der Waals surface area contributed by atoms with E-state index in [0.717, 1.165) is 55.4 Å². The Bertz CT molecular complexity index is 731. The lowest BCUT2D eigenvalue weighted by molar-refractivity contribution is -0.137. The first kappa shape index (κ1) is 14.5. The lowest BCUT2D eigenvalue weighted by Gasteiger charge is -2.31. The molecular weight excluding hydrogens is 292 g/mol. The van der Waals surface area contributed by atoms with Gasteiger partial charge in [-0.15, -0.1) is 0 Å². The van der Waals surface area contributed by atoms with Crippen LogP contribution in [0.1, 0.15) is 49.2 Å². The Morgan fingerprint density at radius 1 is 1.39 bits per heavy atom. The molecule has 2 aliphatic rings. The van der Waals surface area contributed by atoms with E-state index in [1.807, 2.05) is 21.8 Å². The molecule has 2 aromatic rings. The average Bonchev–Trinajstić information content (AvgIpc) is 3.19. The summed E-state index contributed by atoms with van der Waals surface area (Å²) in [6.45, 7) is 6.30. The van der Waals surface area contributed by atoms with E-state index in [0.29, 0.717) is 6.54 Å².